The quantitative estimate of drug-likeness (QED) is 0.896. The molecule has 2 unspecified atom stereocenters. The summed E-state index contributed by atoms with van der Waals surface area (Å²) in [6.45, 7) is 3.01. The largest absolute Gasteiger partial charge is 0.459 e. The van der Waals surface area contributed by atoms with Gasteiger partial charge in [-0.3, -0.25) is 9.59 Å². The van der Waals surface area contributed by atoms with Crippen LogP contribution < -0.4 is 15.5 Å². The van der Waals surface area contributed by atoms with Crippen LogP contribution in [0.15, 0.2) is 47.1 Å². The molecule has 6 nitrogen and oxygen atoms in total. The van der Waals surface area contributed by atoms with E-state index in [9.17, 15) is 9.59 Å². The standard InChI is InChI=1S/C19H23N3O3/c1-13-12-14(9-10-20-13)21-18(23)15-6-3-4-7-16(15)22(2)19(24)17-8-5-11-25-17/h3-8,11,13-14,20H,9-10,12H2,1-2H3,(H,21,23). The zero-order chi connectivity index (χ0) is 17.8. The van der Waals surface area contributed by atoms with E-state index in [4.69, 9.17) is 4.42 Å². The zero-order valence-electron chi connectivity index (χ0n) is 14.5. The molecule has 1 aliphatic rings. The van der Waals surface area contributed by atoms with E-state index >= 15 is 0 Å². The molecule has 1 fully saturated rings. The van der Waals surface area contributed by atoms with Crippen molar-refractivity contribution in [3.8, 4) is 0 Å². The van der Waals surface area contributed by atoms with Crippen molar-refractivity contribution >= 4 is 17.5 Å². The summed E-state index contributed by atoms with van der Waals surface area (Å²) in [5.74, 6) is -0.209. The van der Waals surface area contributed by atoms with Gasteiger partial charge in [0.2, 0.25) is 0 Å². The van der Waals surface area contributed by atoms with Crippen LogP contribution in [0.5, 0.6) is 0 Å². The lowest BCUT2D eigenvalue weighted by atomic mass is 10.00. The number of furan rings is 1. The van der Waals surface area contributed by atoms with Crippen LogP contribution in [-0.2, 0) is 0 Å². The van der Waals surface area contributed by atoms with Crippen molar-refractivity contribution in [2.24, 2.45) is 0 Å². The third-order valence-corrected chi connectivity index (χ3v) is 4.51. The summed E-state index contributed by atoms with van der Waals surface area (Å²) in [6.07, 6.45) is 3.26. The average molecular weight is 341 g/mol. The highest BCUT2D eigenvalue weighted by Crippen LogP contribution is 2.22. The predicted molar refractivity (Wildman–Crippen MR) is 95.8 cm³/mol. The Morgan fingerprint density at radius 2 is 2.04 bits per heavy atom. The molecule has 6 heteroatoms. The fraction of sp³-hybridized carbons (Fsp3) is 0.368. The van der Waals surface area contributed by atoms with Crippen molar-refractivity contribution in [3.63, 3.8) is 0 Å². The number of rotatable bonds is 4. The third-order valence-electron chi connectivity index (χ3n) is 4.51. The van der Waals surface area contributed by atoms with Crippen molar-refractivity contribution in [3.05, 3.63) is 54.0 Å². The summed E-state index contributed by atoms with van der Waals surface area (Å²) >= 11 is 0. The van der Waals surface area contributed by atoms with Crippen LogP contribution in [0.4, 0.5) is 5.69 Å². The maximum atomic E-state index is 12.8. The van der Waals surface area contributed by atoms with Gasteiger partial charge in [0, 0.05) is 19.1 Å². The second-order valence-corrected chi connectivity index (χ2v) is 6.41. The molecular formula is C19H23N3O3. The topological polar surface area (TPSA) is 74.6 Å². The summed E-state index contributed by atoms with van der Waals surface area (Å²) < 4.78 is 5.17. The first-order chi connectivity index (χ1) is 12.1. The van der Waals surface area contributed by atoms with Crippen molar-refractivity contribution in [2.45, 2.75) is 31.8 Å². The smallest absolute Gasteiger partial charge is 0.293 e. The number of para-hydroxylation sites is 1. The summed E-state index contributed by atoms with van der Waals surface area (Å²) in [6, 6.07) is 10.9. The van der Waals surface area contributed by atoms with E-state index in [-0.39, 0.29) is 23.6 Å². The molecule has 3 rings (SSSR count). The lowest BCUT2D eigenvalue weighted by molar-refractivity contribution is 0.0926. The lowest BCUT2D eigenvalue weighted by Gasteiger charge is -2.29. The van der Waals surface area contributed by atoms with Crippen molar-refractivity contribution < 1.29 is 14.0 Å². The van der Waals surface area contributed by atoms with E-state index in [1.165, 1.54) is 11.2 Å². The molecule has 2 aromatic rings. The van der Waals surface area contributed by atoms with E-state index < -0.39 is 0 Å². The molecule has 1 aliphatic heterocycles. The Balaban J connectivity index is 1.78. The van der Waals surface area contributed by atoms with Gasteiger partial charge in [0.25, 0.3) is 11.8 Å². The number of hydrogen-bond acceptors (Lipinski definition) is 4. The number of anilines is 1. The van der Waals surface area contributed by atoms with Crippen LogP contribution in [0.1, 0.15) is 40.7 Å². The molecule has 25 heavy (non-hydrogen) atoms. The highest BCUT2D eigenvalue weighted by atomic mass is 16.3. The monoisotopic (exact) mass is 341 g/mol. The number of piperidine rings is 1. The number of benzene rings is 1. The van der Waals surface area contributed by atoms with E-state index in [0.29, 0.717) is 17.3 Å². The number of amides is 2. The number of nitrogens with zero attached hydrogens (tertiary/aromatic N) is 1. The predicted octanol–water partition coefficient (Wildman–Crippen LogP) is 2.43. The Bertz CT molecular complexity index is 742. The number of nitrogens with one attached hydrogen (secondary N) is 2. The molecule has 2 atom stereocenters. The van der Waals surface area contributed by atoms with Crippen LogP contribution in [0.25, 0.3) is 0 Å². The van der Waals surface area contributed by atoms with Crippen molar-refractivity contribution in [1.82, 2.24) is 10.6 Å². The van der Waals surface area contributed by atoms with Gasteiger partial charge in [-0.25, -0.2) is 0 Å². The Kier molecular flexibility index (Phi) is 5.19. The van der Waals surface area contributed by atoms with Gasteiger partial charge in [-0.15, -0.1) is 0 Å². The molecule has 0 saturated carbocycles. The number of hydrogen-bond donors (Lipinski definition) is 2. The fourth-order valence-corrected chi connectivity index (χ4v) is 3.16. The van der Waals surface area contributed by atoms with Crippen LogP contribution >= 0.6 is 0 Å². The van der Waals surface area contributed by atoms with E-state index in [2.05, 4.69) is 17.6 Å². The highest BCUT2D eigenvalue weighted by Gasteiger charge is 2.24. The Morgan fingerprint density at radius 1 is 1.24 bits per heavy atom. The maximum Gasteiger partial charge on any atom is 0.293 e. The van der Waals surface area contributed by atoms with E-state index in [0.717, 1.165) is 19.4 Å². The van der Waals surface area contributed by atoms with Gasteiger partial charge in [0.05, 0.1) is 17.5 Å². The molecular weight excluding hydrogens is 318 g/mol. The van der Waals surface area contributed by atoms with Crippen molar-refractivity contribution in [1.29, 1.82) is 0 Å². The van der Waals surface area contributed by atoms with Crippen LogP contribution in [-0.4, -0.2) is 37.5 Å². The summed E-state index contributed by atoms with van der Waals surface area (Å²) in [7, 11) is 1.64. The van der Waals surface area contributed by atoms with Gasteiger partial charge in [-0.2, -0.15) is 0 Å². The van der Waals surface area contributed by atoms with Crippen LogP contribution in [0, 0.1) is 0 Å². The molecule has 1 saturated heterocycles. The average Bonchev–Trinajstić information content (AvgIpc) is 3.15. The lowest BCUT2D eigenvalue weighted by Crippen LogP contribution is -2.46. The Hall–Kier alpha value is -2.60. The zero-order valence-corrected chi connectivity index (χ0v) is 14.5. The second-order valence-electron chi connectivity index (χ2n) is 6.41. The molecule has 132 valence electrons. The molecule has 2 N–H and O–H groups in total. The molecule has 1 aromatic heterocycles. The molecule has 0 radical (unpaired) electrons. The maximum absolute atomic E-state index is 12.8. The van der Waals surface area contributed by atoms with Gasteiger partial charge in [0.15, 0.2) is 5.76 Å². The van der Waals surface area contributed by atoms with Gasteiger partial charge >= 0.3 is 0 Å². The van der Waals surface area contributed by atoms with Crippen molar-refractivity contribution in [2.75, 3.05) is 18.5 Å². The Morgan fingerprint density at radius 3 is 2.76 bits per heavy atom. The summed E-state index contributed by atoms with van der Waals surface area (Å²) in [5, 5.41) is 6.46. The van der Waals surface area contributed by atoms with E-state index in [1.807, 2.05) is 6.07 Å². The Labute approximate surface area is 147 Å². The molecule has 0 bridgehead atoms. The SMILES string of the molecule is CC1CC(NC(=O)c2ccccc2N(C)C(=O)c2ccco2)CCN1. The first kappa shape index (κ1) is 17.2. The number of carbonyl (C=O) groups is 2. The van der Waals surface area contributed by atoms with E-state index in [1.54, 1.807) is 37.4 Å². The first-order valence-electron chi connectivity index (χ1n) is 8.51. The fourth-order valence-electron chi connectivity index (χ4n) is 3.16. The third kappa shape index (κ3) is 3.91. The molecule has 2 amide bonds. The van der Waals surface area contributed by atoms with Gasteiger partial charge in [-0.05, 0) is 50.6 Å². The van der Waals surface area contributed by atoms with Crippen LogP contribution in [0.3, 0.4) is 0 Å². The second kappa shape index (κ2) is 7.53. The summed E-state index contributed by atoms with van der Waals surface area (Å²) in [4.78, 5) is 26.7. The van der Waals surface area contributed by atoms with Gasteiger partial charge < -0.3 is 20.0 Å². The summed E-state index contributed by atoms with van der Waals surface area (Å²) in [5.41, 5.74) is 1.04. The minimum atomic E-state index is -0.291. The van der Waals surface area contributed by atoms with Crippen LogP contribution in [0.2, 0.25) is 0 Å². The highest BCUT2D eigenvalue weighted by molar-refractivity contribution is 6.09. The molecule has 1 aromatic carbocycles. The van der Waals surface area contributed by atoms with Gasteiger partial charge in [-0.1, -0.05) is 12.1 Å². The number of carbonyl (C=O) groups excluding carboxylic acids is 2. The minimum absolute atomic E-state index is 0.142. The molecule has 0 spiro atoms. The van der Waals surface area contributed by atoms with Gasteiger partial charge in [0.1, 0.15) is 0 Å². The molecule has 2 heterocycles. The minimum Gasteiger partial charge on any atom is -0.459 e. The molecule has 0 aliphatic carbocycles. The first-order valence-corrected chi connectivity index (χ1v) is 8.51. The normalized spacial score (nSPS) is 20.1.